The molecular formula is C15H23N3O3S. The van der Waals surface area contributed by atoms with Crippen molar-refractivity contribution >= 4 is 27.0 Å². The molecule has 0 unspecified atom stereocenters. The number of hydrogen-bond acceptors (Lipinski definition) is 3. The highest BCUT2D eigenvalue weighted by Crippen LogP contribution is 2.42. The van der Waals surface area contributed by atoms with Crippen molar-refractivity contribution in [1.29, 1.82) is 0 Å². The summed E-state index contributed by atoms with van der Waals surface area (Å²) in [4.78, 5) is 14.1. The zero-order chi connectivity index (χ0) is 15.9. The first-order chi connectivity index (χ1) is 10.3. The third kappa shape index (κ3) is 3.30. The van der Waals surface area contributed by atoms with Crippen LogP contribution < -0.4 is 0 Å². The number of rotatable bonds is 7. The molecule has 6 nitrogen and oxygen atoms in total. The van der Waals surface area contributed by atoms with Crippen molar-refractivity contribution in [3.63, 3.8) is 0 Å². The Labute approximate surface area is 131 Å². The summed E-state index contributed by atoms with van der Waals surface area (Å²) in [7, 11) is -0.565. The molecule has 0 spiro atoms. The molecule has 0 radical (unpaired) electrons. The second-order valence-electron chi connectivity index (χ2n) is 6.74. The van der Waals surface area contributed by atoms with Crippen LogP contribution in [-0.2, 0) is 11.5 Å². The van der Waals surface area contributed by atoms with E-state index in [0.717, 1.165) is 35.3 Å². The number of aromatic amines is 1. The second kappa shape index (κ2) is 5.62. The van der Waals surface area contributed by atoms with Crippen LogP contribution in [0.15, 0.2) is 6.07 Å². The van der Waals surface area contributed by atoms with Gasteiger partial charge in [0, 0.05) is 11.7 Å². The Morgan fingerprint density at radius 1 is 1.50 bits per heavy atom. The molecule has 0 aromatic carbocycles. The van der Waals surface area contributed by atoms with Crippen LogP contribution in [0.2, 0.25) is 0 Å². The molecular weight excluding hydrogens is 302 g/mol. The van der Waals surface area contributed by atoms with Crippen LogP contribution in [0, 0.1) is 0 Å². The average Bonchev–Trinajstić information content (AvgIpc) is 3.05. The van der Waals surface area contributed by atoms with Gasteiger partial charge in [-0.2, -0.15) is 5.10 Å². The summed E-state index contributed by atoms with van der Waals surface area (Å²) in [5, 5.41) is 13.8. The first-order valence-corrected chi connectivity index (χ1v) is 10.4. The van der Waals surface area contributed by atoms with Crippen molar-refractivity contribution in [3.8, 4) is 0 Å². The van der Waals surface area contributed by atoms with E-state index < -0.39 is 16.0 Å². The van der Waals surface area contributed by atoms with E-state index in [1.54, 1.807) is 10.7 Å². The molecule has 0 saturated heterocycles. The lowest BCUT2D eigenvalue weighted by molar-refractivity contribution is 0.0691. The van der Waals surface area contributed by atoms with Gasteiger partial charge in [-0.25, -0.2) is 19.5 Å². The number of H-pyrrole nitrogens is 1. The number of fused-ring (bicyclic) bond motifs is 1. The summed E-state index contributed by atoms with van der Waals surface area (Å²) in [5.41, 5.74) is 2.86. The number of nitrogens with zero attached hydrogens (tertiary/aromatic N) is 2. The smallest absolute Gasteiger partial charge is 0.352 e. The number of hydrogen-bond donors (Lipinski definition) is 2. The average molecular weight is 325 g/mol. The largest absolute Gasteiger partial charge is 0.477 e. The van der Waals surface area contributed by atoms with E-state index >= 15 is 0 Å². The molecule has 0 atom stereocenters. The Balaban J connectivity index is 1.78. The van der Waals surface area contributed by atoms with Gasteiger partial charge in [0.15, 0.2) is 0 Å². The fourth-order valence-electron chi connectivity index (χ4n) is 2.39. The molecule has 2 N–H and O–H groups in total. The highest BCUT2D eigenvalue weighted by Gasteiger charge is 2.30. The maximum Gasteiger partial charge on any atom is 0.352 e. The normalized spacial score (nSPS) is 16.3. The molecule has 122 valence electrons. The molecule has 7 heteroatoms. The first kappa shape index (κ1) is 15.4. The van der Waals surface area contributed by atoms with Crippen molar-refractivity contribution in [2.45, 2.75) is 25.5 Å². The third-order valence-corrected chi connectivity index (χ3v) is 5.20. The summed E-state index contributed by atoms with van der Waals surface area (Å²) in [6.07, 6.45) is 9.04. The van der Waals surface area contributed by atoms with E-state index in [1.807, 2.05) is 0 Å². The van der Waals surface area contributed by atoms with E-state index in [4.69, 9.17) is 9.84 Å². The summed E-state index contributed by atoms with van der Waals surface area (Å²) in [6.45, 7) is 1.07. The van der Waals surface area contributed by atoms with Crippen LogP contribution in [0.5, 0.6) is 0 Å². The van der Waals surface area contributed by atoms with Gasteiger partial charge in [0.05, 0.1) is 23.3 Å². The zero-order valence-electron chi connectivity index (χ0n) is 13.3. The maximum atomic E-state index is 11.2. The fourth-order valence-corrected chi connectivity index (χ4v) is 3.01. The number of carbonyl (C=O) groups is 1. The number of aromatic nitrogens is 3. The van der Waals surface area contributed by atoms with Crippen LogP contribution in [0.25, 0.3) is 11.0 Å². The van der Waals surface area contributed by atoms with Crippen LogP contribution in [0.3, 0.4) is 0 Å². The Bertz CT molecular complexity index is 695. The number of carboxylic acids is 1. The van der Waals surface area contributed by atoms with Crippen molar-refractivity contribution in [1.82, 2.24) is 14.8 Å². The van der Waals surface area contributed by atoms with Gasteiger partial charge in [-0.15, -0.1) is 0 Å². The fraction of sp³-hybridized carbons (Fsp3) is 0.600. The lowest BCUT2D eigenvalue weighted by Crippen LogP contribution is -2.11. The molecule has 22 heavy (non-hydrogen) atoms. The Morgan fingerprint density at radius 2 is 2.23 bits per heavy atom. The minimum atomic E-state index is -0.943. The van der Waals surface area contributed by atoms with E-state index in [-0.39, 0.29) is 5.69 Å². The van der Waals surface area contributed by atoms with Crippen LogP contribution in [0.4, 0.5) is 0 Å². The Morgan fingerprint density at radius 3 is 2.82 bits per heavy atom. The van der Waals surface area contributed by atoms with E-state index in [9.17, 15) is 4.79 Å². The molecule has 1 aliphatic rings. The van der Waals surface area contributed by atoms with Crippen molar-refractivity contribution in [2.75, 3.05) is 31.1 Å². The third-order valence-electron chi connectivity index (χ3n) is 3.81. The monoisotopic (exact) mass is 325 g/mol. The highest BCUT2D eigenvalue weighted by atomic mass is 32.3. The molecule has 1 fully saturated rings. The molecule has 2 aromatic heterocycles. The van der Waals surface area contributed by atoms with Crippen molar-refractivity contribution in [2.24, 2.45) is 0 Å². The van der Waals surface area contributed by atoms with Gasteiger partial charge in [-0.1, -0.05) is 0 Å². The summed E-state index contributed by atoms with van der Waals surface area (Å²) < 4.78 is 7.53. The van der Waals surface area contributed by atoms with Gasteiger partial charge < -0.3 is 14.8 Å². The summed E-state index contributed by atoms with van der Waals surface area (Å²) in [6, 6.07) is 1.65. The van der Waals surface area contributed by atoms with E-state index in [1.165, 1.54) is 0 Å². The van der Waals surface area contributed by atoms with Gasteiger partial charge in [0.25, 0.3) is 0 Å². The maximum absolute atomic E-state index is 11.2. The summed E-state index contributed by atoms with van der Waals surface area (Å²) in [5.74, 6) is 0.574. The molecule has 0 bridgehead atoms. The predicted octanol–water partition coefficient (Wildman–Crippen LogP) is 2.61. The second-order valence-corrected chi connectivity index (χ2v) is 11.3. The topological polar surface area (TPSA) is 80.1 Å². The molecule has 1 saturated carbocycles. The number of aromatic carboxylic acids is 1. The van der Waals surface area contributed by atoms with Crippen LogP contribution >= 0.6 is 10.0 Å². The molecule has 1 aliphatic carbocycles. The van der Waals surface area contributed by atoms with E-state index in [0.29, 0.717) is 19.3 Å². The molecule has 2 aromatic rings. The summed E-state index contributed by atoms with van der Waals surface area (Å²) >= 11 is 0. The lowest BCUT2D eigenvalue weighted by Gasteiger charge is -2.24. The van der Waals surface area contributed by atoms with Crippen LogP contribution in [0.1, 0.15) is 34.9 Å². The molecule has 0 aliphatic heterocycles. The number of carboxylic acid groups (broad SMARTS) is 1. The van der Waals surface area contributed by atoms with E-state index in [2.05, 4.69) is 28.8 Å². The SMILES string of the molecule is CS(C)(C)CCOCn1nc(C2CC2)c2[nH]c(C(=O)O)cc21. The molecule has 2 heterocycles. The van der Waals surface area contributed by atoms with Crippen LogP contribution in [-0.4, -0.2) is 57.0 Å². The minimum Gasteiger partial charge on any atom is -0.477 e. The highest BCUT2D eigenvalue weighted by molar-refractivity contribution is 8.32. The molecule has 0 amide bonds. The van der Waals surface area contributed by atoms with Crippen molar-refractivity contribution in [3.05, 3.63) is 17.5 Å². The van der Waals surface area contributed by atoms with Crippen molar-refractivity contribution < 1.29 is 14.6 Å². The number of nitrogens with one attached hydrogen (secondary N) is 1. The minimum absolute atomic E-state index is 0.210. The van der Waals surface area contributed by atoms with Gasteiger partial charge >= 0.3 is 5.97 Å². The molecule has 3 rings (SSSR count). The first-order valence-electron chi connectivity index (χ1n) is 7.41. The zero-order valence-corrected chi connectivity index (χ0v) is 14.1. The quantitative estimate of drug-likeness (QED) is 0.767. The standard InChI is InChI=1S/C15H23N3O3S/c1-22(2,3)7-6-21-9-18-12-8-11(15(19)20)16-14(12)13(17-18)10-4-5-10/h8,10,16H,4-7,9H2,1-3H3,(H,19,20). The van der Waals surface area contributed by atoms with Gasteiger partial charge in [-0.05, 0) is 37.7 Å². The number of ether oxygens (including phenoxy) is 1. The Hall–Kier alpha value is -1.47. The lowest BCUT2D eigenvalue weighted by atomic mass is 10.2. The van der Waals surface area contributed by atoms with Gasteiger partial charge in [0.1, 0.15) is 12.4 Å². The van der Waals surface area contributed by atoms with Gasteiger partial charge in [0.2, 0.25) is 0 Å². The Kier molecular flexibility index (Phi) is 3.94. The predicted molar refractivity (Wildman–Crippen MR) is 89.2 cm³/mol. The van der Waals surface area contributed by atoms with Gasteiger partial charge in [-0.3, -0.25) is 0 Å².